The van der Waals surface area contributed by atoms with Crippen molar-refractivity contribution >= 4 is 23.2 Å². The third-order valence-electron chi connectivity index (χ3n) is 2.96. The van der Waals surface area contributed by atoms with E-state index in [0.717, 1.165) is 22.6 Å². The summed E-state index contributed by atoms with van der Waals surface area (Å²) in [7, 11) is 0. The van der Waals surface area contributed by atoms with Crippen LogP contribution in [0.4, 0.5) is 0 Å². The van der Waals surface area contributed by atoms with Gasteiger partial charge in [-0.3, -0.25) is 4.98 Å². The molecule has 0 aliphatic heterocycles. The number of aryl methyl sites for hydroxylation is 1. The molecule has 5 heteroatoms. The summed E-state index contributed by atoms with van der Waals surface area (Å²) >= 11 is 12.2. The summed E-state index contributed by atoms with van der Waals surface area (Å²) in [6.45, 7) is 1.95. The molecular formula is C15H11Cl2N3. The Morgan fingerprint density at radius 1 is 1.10 bits per heavy atom. The lowest BCUT2D eigenvalue weighted by Gasteiger charge is -2.10. The number of halogens is 2. The molecule has 0 amide bonds. The van der Waals surface area contributed by atoms with Gasteiger partial charge >= 0.3 is 0 Å². The van der Waals surface area contributed by atoms with Crippen LogP contribution in [0.1, 0.15) is 5.69 Å². The second kappa shape index (κ2) is 5.27. The van der Waals surface area contributed by atoms with E-state index in [1.165, 1.54) is 0 Å². The maximum Gasteiger partial charge on any atom is 0.0995 e. The van der Waals surface area contributed by atoms with E-state index in [9.17, 15) is 0 Å². The average molecular weight is 304 g/mol. The number of benzene rings is 1. The molecule has 0 radical (unpaired) electrons. The molecule has 0 saturated carbocycles. The predicted octanol–water partition coefficient (Wildman–Crippen LogP) is 4.55. The smallest absolute Gasteiger partial charge is 0.0995 e. The van der Waals surface area contributed by atoms with E-state index in [1.807, 2.05) is 35.9 Å². The first-order valence-electron chi connectivity index (χ1n) is 6.06. The summed E-state index contributed by atoms with van der Waals surface area (Å²) in [4.78, 5) is 8.69. The van der Waals surface area contributed by atoms with E-state index in [1.54, 1.807) is 24.7 Å². The zero-order valence-electron chi connectivity index (χ0n) is 10.7. The summed E-state index contributed by atoms with van der Waals surface area (Å²) in [5.74, 6) is 0. The highest BCUT2D eigenvalue weighted by Gasteiger charge is 2.12. The van der Waals surface area contributed by atoms with Gasteiger partial charge in [0.25, 0.3) is 0 Å². The number of rotatable bonds is 2. The molecule has 0 aliphatic carbocycles. The van der Waals surface area contributed by atoms with Crippen molar-refractivity contribution in [1.29, 1.82) is 0 Å². The van der Waals surface area contributed by atoms with Gasteiger partial charge in [-0.2, -0.15) is 0 Å². The van der Waals surface area contributed by atoms with Gasteiger partial charge in [0.1, 0.15) is 0 Å². The molecular weight excluding hydrogens is 293 g/mol. The fourth-order valence-electron chi connectivity index (χ4n) is 2.05. The Hall–Kier alpha value is -1.84. The Morgan fingerprint density at radius 2 is 1.95 bits per heavy atom. The van der Waals surface area contributed by atoms with E-state index in [0.29, 0.717) is 10.0 Å². The average Bonchev–Trinajstić information content (AvgIpc) is 2.85. The number of hydrogen-bond acceptors (Lipinski definition) is 2. The predicted molar refractivity (Wildman–Crippen MR) is 81.6 cm³/mol. The van der Waals surface area contributed by atoms with E-state index >= 15 is 0 Å². The van der Waals surface area contributed by atoms with Crippen LogP contribution in [-0.2, 0) is 0 Å². The number of hydrogen-bond donors (Lipinski definition) is 0. The largest absolute Gasteiger partial charge is 0.304 e. The highest BCUT2D eigenvalue weighted by molar-refractivity contribution is 6.36. The zero-order chi connectivity index (χ0) is 14.1. The maximum atomic E-state index is 6.28. The van der Waals surface area contributed by atoms with Gasteiger partial charge in [0, 0.05) is 23.0 Å². The molecule has 0 unspecified atom stereocenters. The highest BCUT2D eigenvalue weighted by atomic mass is 35.5. The fourth-order valence-corrected chi connectivity index (χ4v) is 2.55. The molecule has 0 fully saturated rings. The number of imidazole rings is 1. The van der Waals surface area contributed by atoms with Crippen LogP contribution in [0.5, 0.6) is 0 Å². The van der Waals surface area contributed by atoms with Crippen LogP contribution in [0.3, 0.4) is 0 Å². The minimum atomic E-state index is 0.578. The Balaban J connectivity index is 2.19. The SMILES string of the molecule is Cc1cn(-c2cccnc2-c2ccc(Cl)cc2Cl)cn1. The van der Waals surface area contributed by atoms with Gasteiger partial charge in [-0.25, -0.2) is 4.98 Å². The molecule has 0 N–H and O–H groups in total. The molecule has 3 rings (SSSR count). The summed E-state index contributed by atoms with van der Waals surface area (Å²) in [6.07, 6.45) is 5.46. The van der Waals surface area contributed by atoms with Crippen LogP contribution in [0.15, 0.2) is 49.1 Å². The molecule has 0 atom stereocenters. The van der Waals surface area contributed by atoms with E-state index in [-0.39, 0.29) is 0 Å². The summed E-state index contributed by atoms with van der Waals surface area (Å²) in [5, 5.41) is 1.18. The zero-order valence-corrected chi connectivity index (χ0v) is 12.2. The molecule has 3 nitrogen and oxygen atoms in total. The molecule has 100 valence electrons. The van der Waals surface area contributed by atoms with Gasteiger partial charge in [0.05, 0.1) is 28.4 Å². The van der Waals surface area contributed by atoms with Crippen LogP contribution in [0.25, 0.3) is 16.9 Å². The van der Waals surface area contributed by atoms with Gasteiger partial charge in [-0.05, 0) is 37.3 Å². The molecule has 2 heterocycles. The third kappa shape index (κ3) is 2.42. The lowest BCUT2D eigenvalue weighted by Crippen LogP contribution is -1.96. The van der Waals surface area contributed by atoms with Gasteiger partial charge in [-0.1, -0.05) is 23.2 Å². The van der Waals surface area contributed by atoms with Crippen molar-refractivity contribution < 1.29 is 0 Å². The van der Waals surface area contributed by atoms with Crippen molar-refractivity contribution in [3.63, 3.8) is 0 Å². The van der Waals surface area contributed by atoms with E-state index in [2.05, 4.69) is 9.97 Å². The minimum absolute atomic E-state index is 0.578. The van der Waals surface area contributed by atoms with Crippen LogP contribution in [0, 0.1) is 6.92 Å². The number of nitrogens with zero attached hydrogens (tertiary/aromatic N) is 3. The van der Waals surface area contributed by atoms with Crippen molar-refractivity contribution in [3.05, 3.63) is 64.8 Å². The minimum Gasteiger partial charge on any atom is -0.304 e. The summed E-state index contributed by atoms with van der Waals surface area (Å²) in [6, 6.07) is 9.27. The van der Waals surface area contributed by atoms with Crippen molar-refractivity contribution in [2.24, 2.45) is 0 Å². The second-order valence-electron chi connectivity index (χ2n) is 4.42. The van der Waals surface area contributed by atoms with Crippen molar-refractivity contribution in [1.82, 2.24) is 14.5 Å². The molecule has 0 saturated heterocycles. The Bertz CT molecular complexity index is 765. The molecule has 2 aromatic heterocycles. The molecule has 0 spiro atoms. The van der Waals surface area contributed by atoms with Crippen molar-refractivity contribution in [3.8, 4) is 16.9 Å². The second-order valence-corrected chi connectivity index (χ2v) is 5.26. The molecule has 0 aliphatic rings. The topological polar surface area (TPSA) is 30.7 Å². The Labute approximate surface area is 126 Å². The van der Waals surface area contributed by atoms with Gasteiger partial charge in [-0.15, -0.1) is 0 Å². The van der Waals surface area contributed by atoms with Gasteiger partial charge in [0.15, 0.2) is 0 Å². The van der Waals surface area contributed by atoms with E-state index in [4.69, 9.17) is 23.2 Å². The van der Waals surface area contributed by atoms with Crippen molar-refractivity contribution in [2.45, 2.75) is 6.92 Å². The Kier molecular flexibility index (Phi) is 3.47. The summed E-state index contributed by atoms with van der Waals surface area (Å²) < 4.78 is 1.93. The number of pyridine rings is 1. The van der Waals surface area contributed by atoms with Crippen LogP contribution >= 0.6 is 23.2 Å². The lowest BCUT2D eigenvalue weighted by molar-refractivity contribution is 1.04. The quantitative estimate of drug-likeness (QED) is 0.695. The number of aromatic nitrogens is 3. The maximum absolute atomic E-state index is 6.28. The molecule has 20 heavy (non-hydrogen) atoms. The van der Waals surface area contributed by atoms with Crippen molar-refractivity contribution in [2.75, 3.05) is 0 Å². The summed E-state index contributed by atoms with van der Waals surface area (Å²) in [5.41, 5.74) is 3.52. The molecule has 1 aromatic carbocycles. The van der Waals surface area contributed by atoms with Crippen LogP contribution < -0.4 is 0 Å². The third-order valence-corrected chi connectivity index (χ3v) is 3.51. The normalized spacial score (nSPS) is 10.8. The van der Waals surface area contributed by atoms with E-state index < -0.39 is 0 Å². The van der Waals surface area contributed by atoms with Crippen LogP contribution in [-0.4, -0.2) is 14.5 Å². The first kappa shape index (κ1) is 13.2. The lowest BCUT2D eigenvalue weighted by atomic mass is 10.1. The van der Waals surface area contributed by atoms with Gasteiger partial charge < -0.3 is 4.57 Å². The van der Waals surface area contributed by atoms with Crippen LogP contribution in [0.2, 0.25) is 10.0 Å². The monoisotopic (exact) mass is 303 g/mol. The Morgan fingerprint density at radius 3 is 2.65 bits per heavy atom. The fraction of sp³-hybridized carbons (Fsp3) is 0.0667. The molecule has 0 bridgehead atoms. The first-order valence-corrected chi connectivity index (χ1v) is 6.82. The standard InChI is InChI=1S/C15H11Cl2N3/c1-10-8-20(9-19-10)14-3-2-6-18-15(14)12-5-4-11(16)7-13(12)17/h2-9H,1H3. The molecule has 3 aromatic rings. The first-order chi connectivity index (χ1) is 9.65. The van der Waals surface area contributed by atoms with Gasteiger partial charge in [0.2, 0.25) is 0 Å². The highest BCUT2D eigenvalue weighted by Crippen LogP contribution is 2.32.